The van der Waals surface area contributed by atoms with E-state index in [1.807, 2.05) is 26.0 Å². The van der Waals surface area contributed by atoms with Crippen molar-refractivity contribution in [1.29, 1.82) is 0 Å². The van der Waals surface area contributed by atoms with E-state index in [1.54, 1.807) is 12.1 Å². The number of nitrogens with one attached hydrogen (secondary N) is 1. The summed E-state index contributed by atoms with van der Waals surface area (Å²) in [5, 5.41) is 12.3. The first-order valence-corrected chi connectivity index (χ1v) is 6.81. The predicted molar refractivity (Wildman–Crippen MR) is 78.5 cm³/mol. The molecule has 0 fully saturated rings. The third-order valence-corrected chi connectivity index (χ3v) is 3.22. The number of nitrogens with zero attached hydrogens (tertiary/aromatic N) is 1. The molecule has 0 saturated heterocycles. The number of halogens is 1. The molecule has 2 N–H and O–H groups in total. The van der Waals surface area contributed by atoms with Crippen molar-refractivity contribution in [2.45, 2.75) is 26.3 Å². The van der Waals surface area contributed by atoms with Gasteiger partial charge in [-0.3, -0.25) is 9.69 Å². The Labute approximate surface area is 119 Å². The first-order chi connectivity index (χ1) is 9.04. The van der Waals surface area contributed by atoms with Crippen molar-refractivity contribution in [2.75, 3.05) is 25.0 Å². The van der Waals surface area contributed by atoms with Crippen molar-refractivity contribution in [1.82, 2.24) is 4.90 Å². The maximum atomic E-state index is 11.8. The lowest BCUT2D eigenvalue weighted by atomic mass is 10.2. The van der Waals surface area contributed by atoms with E-state index in [2.05, 4.69) is 10.2 Å². The van der Waals surface area contributed by atoms with Gasteiger partial charge in [0.2, 0.25) is 5.91 Å². The molecule has 0 bridgehead atoms. The Balaban J connectivity index is 2.45. The number of carbonyl (C=O) groups is 1. The second-order valence-corrected chi connectivity index (χ2v) is 5.04. The number of hydrogen-bond donors (Lipinski definition) is 2. The lowest BCUT2D eigenvalue weighted by molar-refractivity contribution is -0.116. The van der Waals surface area contributed by atoms with E-state index in [0.717, 1.165) is 0 Å². The number of aliphatic hydroxyl groups excluding tert-OH is 1. The van der Waals surface area contributed by atoms with Gasteiger partial charge in [-0.25, -0.2) is 0 Å². The van der Waals surface area contributed by atoms with E-state index in [1.165, 1.54) is 0 Å². The summed E-state index contributed by atoms with van der Waals surface area (Å²) in [5.74, 6) is -0.0725. The molecule has 19 heavy (non-hydrogen) atoms. The monoisotopic (exact) mass is 284 g/mol. The number of hydrogen-bond acceptors (Lipinski definition) is 3. The highest BCUT2D eigenvalue weighted by Crippen LogP contribution is 2.20. The van der Waals surface area contributed by atoms with Gasteiger partial charge >= 0.3 is 0 Å². The third kappa shape index (κ3) is 5.59. The minimum Gasteiger partial charge on any atom is -0.395 e. The van der Waals surface area contributed by atoms with Crippen molar-refractivity contribution in [3.8, 4) is 0 Å². The Morgan fingerprint density at radius 2 is 2.05 bits per heavy atom. The summed E-state index contributed by atoms with van der Waals surface area (Å²) in [5.41, 5.74) is 0.632. The molecule has 0 heterocycles. The van der Waals surface area contributed by atoms with Crippen LogP contribution in [0.2, 0.25) is 5.02 Å². The minimum atomic E-state index is -0.0725. The van der Waals surface area contributed by atoms with Gasteiger partial charge in [0, 0.05) is 25.6 Å². The number of rotatable bonds is 7. The highest BCUT2D eigenvalue weighted by molar-refractivity contribution is 6.33. The Morgan fingerprint density at radius 3 is 2.63 bits per heavy atom. The van der Waals surface area contributed by atoms with Crippen LogP contribution >= 0.6 is 11.6 Å². The van der Waals surface area contributed by atoms with Crippen LogP contribution in [0.25, 0.3) is 0 Å². The molecule has 0 aliphatic carbocycles. The van der Waals surface area contributed by atoms with Crippen LogP contribution in [0, 0.1) is 0 Å². The lowest BCUT2D eigenvalue weighted by Crippen LogP contribution is -2.35. The van der Waals surface area contributed by atoms with Crippen LogP contribution in [-0.4, -0.2) is 41.7 Å². The molecule has 1 aromatic carbocycles. The summed E-state index contributed by atoms with van der Waals surface area (Å²) < 4.78 is 0. The number of amides is 1. The average molecular weight is 285 g/mol. The van der Waals surface area contributed by atoms with Crippen LogP contribution in [0.3, 0.4) is 0 Å². The zero-order valence-electron chi connectivity index (χ0n) is 11.4. The molecule has 0 saturated carbocycles. The van der Waals surface area contributed by atoms with E-state index < -0.39 is 0 Å². The number of benzene rings is 1. The van der Waals surface area contributed by atoms with Gasteiger partial charge < -0.3 is 10.4 Å². The van der Waals surface area contributed by atoms with Crippen molar-refractivity contribution in [2.24, 2.45) is 0 Å². The second-order valence-electron chi connectivity index (χ2n) is 4.63. The number of para-hydroxylation sites is 1. The topological polar surface area (TPSA) is 52.6 Å². The first kappa shape index (κ1) is 16.0. The fourth-order valence-electron chi connectivity index (χ4n) is 1.78. The fraction of sp³-hybridized carbons (Fsp3) is 0.500. The normalized spacial score (nSPS) is 11.1. The van der Waals surface area contributed by atoms with Gasteiger partial charge in [0.15, 0.2) is 0 Å². The number of anilines is 1. The maximum Gasteiger partial charge on any atom is 0.225 e. The number of carbonyl (C=O) groups excluding carboxylic acids is 1. The quantitative estimate of drug-likeness (QED) is 0.808. The Hall–Kier alpha value is -1.10. The van der Waals surface area contributed by atoms with Crippen molar-refractivity contribution < 1.29 is 9.90 Å². The fourth-order valence-corrected chi connectivity index (χ4v) is 1.96. The van der Waals surface area contributed by atoms with Crippen LogP contribution in [-0.2, 0) is 4.79 Å². The molecule has 0 radical (unpaired) electrons. The van der Waals surface area contributed by atoms with Gasteiger partial charge in [-0.15, -0.1) is 0 Å². The first-order valence-electron chi connectivity index (χ1n) is 6.44. The molecule has 5 heteroatoms. The van der Waals surface area contributed by atoms with Crippen molar-refractivity contribution >= 4 is 23.2 Å². The molecule has 0 aromatic heterocycles. The van der Waals surface area contributed by atoms with Crippen LogP contribution in [0.15, 0.2) is 24.3 Å². The van der Waals surface area contributed by atoms with Gasteiger partial charge in [-0.1, -0.05) is 23.7 Å². The van der Waals surface area contributed by atoms with E-state index in [9.17, 15) is 4.79 Å². The van der Waals surface area contributed by atoms with Crippen molar-refractivity contribution in [3.05, 3.63) is 29.3 Å². The Kier molecular flexibility index (Phi) is 6.84. The smallest absolute Gasteiger partial charge is 0.225 e. The largest absolute Gasteiger partial charge is 0.395 e. The standard InChI is InChI=1S/C14H21ClN2O2/c1-11(2)17(9-10-18)8-7-14(19)16-13-6-4-3-5-12(13)15/h3-6,11,18H,7-10H2,1-2H3,(H,16,19). The summed E-state index contributed by atoms with van der Waals surface area (Å²) in [7, 11) is 0. The van der Waals surface area contributed by atoms with Crippen LogP contribution in [0.4, 0.5) is 5.69 Å². The molecule has 0 atom stereocenters. The second kappa shape index (κ2) is 8.15. The van der Waals surface area contributed by atoms with Crippen LogP contribution in [0.1, 0.15) is 20.3 Å². The van der Waals surface area contributed by atoms with E-state index in [0.29, 0.717) is 36.3 Å². The van der Waals surface area contributed by atoms with Gasteiger partial charge in [0.25, 0.3) is 0 Å². The molecule has 4 nitrogen and oxygen atoms in total. The molecule has 0 aliphatic rings. The average Bonchev–Trinajstić information content (AvgIpc) is 2.37. The van der Waals surface area contributed by atoms with E-state index in [-0.39, 0.29) is 12.5 Å². The summed E-state index contributed by atoms with van der Waals surface area (Å²) in [6, 6.07) is 7.46. The van der Waals surface area contributed by atoms with E-state index >= 15 is 0 Å². The highest BCUT2D eigenvalue weighted by atomic mass is 35.5. The third-order valence-electron chi connectivity index (χ3n) is 2.89. The minimum absolute atomic E-state index is 0.0725. The molecular weight excluding hydrogens is 264 g/mol. The highest BCUT2D eigenvalue weighted by Gasteiger charge is 2.11. The molecule has 0 spiro atoms. The van der Waals surface area contributed by atoms with Crippen LogP contribution in [0.5, 0.6) is 0 Å². The Bertz CT molecular complexity index is 410. The van der Waals surface area contributed by atoms with Gasteiger partial charge in [-0.2, -0.15) is 0 Å². The summed E-state index contributed by atoms with van der Waals surface area (Å²) in [6.45, 7) is 5.39. The molecule has 1 rings (SSSR count). The van der Waals surface area contributed by atoms with Crippen molar-refractivity contribution in [3.63, 3.8) is 0 Å². The Morgan fingerprint density at radius 1 is 1.37 bits per heavy atom. The van der Waals surface area contributed by atoms with Gasteiger partial charge in [0.05, 0.1) is 17.3 Å². The summed E-state index contributed by atoms with van der Waals surface area (Å²) in [4.78, 5) is 13.9. The summed E-state index contributed by atoms with van der Waals surface area (Å²) in [6.07, 6.45) is 0.378. The molecule has 0 aliphatic heterocycles. The van der Waals surface area contributed by atoms with Crippen LogP contribution < -0.4 is 5.32 Å². The maximum absolute atomic E-state index is 11.8. The lowest BCUT2D eigenvalue weighted by Gasteiger charge is -2.25. The van der Waals surface area contributed by atoms with Gasteiger partial charge in [0.1, 0.15) is 0 Å². The zero-order valence-corrected chi connectivity index (χ0v) is 12.2. The van der Waals surface area contributed by atoms with Gasteiger partial charge in [-0.05, 0) is 26.0 Å². The molecule has 1 amide bonds. The predicted octanol–water partition coefficient (Wildman–Crippen LogP) is 2.37. The molecular formula is C14H21ClN2O2. The van der Waals surface area contributed by atoms with E-state index in [4.69, 9.17) is 16.7 Å². The molecule has 106 valence electrons. The summed E-state index contributed by atoms with van der Waals surface area (Å²) >= 11 is 5.97. The molecule has 1 aromatic rings. The SMILES string of the molecule is CC(C)N(CCO)CCC(=O)Nc1ccccc1Cl. The molecule has 0 unspecified atom stereocenters. The number of aliphatic hydroxyl groups is 1. The zero-order chi connectivity index (χ0) is 14.3.